The third-order valence-corrected chi connectivity index (χ3v) is 1.55. The predicted molar refractivity (Wildman–Crippen MR) is 41.0 cm³/mol. The van der Waals surface area contributed by atoms with Crippen LogP contribution in [0.5, 0.6) is 0 Å². The summed E-state index contributed by atoms with van der Waals surface area (Å²) in [5, 5.41) is 13.1. The maximum atomic E-state index is 10.5. The quantitative estimate of drug-likeness (QED) is 0.628. The highest BCUT2D eigenvalue weighted by atomic mass is 16.4. The van der Waals surface area contributed by atoms with E-state index >= 15 is 0 Å². The molecule has 2 aromatic rings. The zero-order valence-electron chi connectivity index (χ0n) is 6.01. The smallest absolute Gasteiger partial charge is 0.432 e. The Hall–Kier alpha value is -1.91. The lowest BCUT2D eigenvalue weighted by Crippen LogP contribution is -2.08. The Labute approximate surface area is 67.3 Å². The second-order valence-electron chi connectivity index (χ2n) is 2.27. The van der Waals surface area contributed by atoms with Crippen molar-refractivity contribution in [1.29, 1.82) is 0 Å². The summed E-state index contributed by atoms with van der Waals surface area (Å²) in [6.07, 6.45) is 3.45. The molecule has 0 atom stereocenters. The Morgan fingerprint density at radius 2 is 2.33 bits per heavy atom. The lowest BCUT2D eigenvalue weighted by molar-refractivity contribution is 0.194. The lowest BCUT2D eigenvalue weighted by Gasteiger charge is -1.92. The van der Waals surface area contributed by atoms with Gasteiger partial charge in [-0.1, -0.05) is 0 Å². The van der Waals surface area contributed by atoms with E-state index in [1.807, 2.05) is 0 Å². The third kappa shape index (κ3) is 0.833. The molecule has 60 valence electrons. The molecule has 0 saturated carbocycles. The average molecular weight is 163 g/mol. The summed E-state index contributed by atoms with van der Waals surface area (Å²) >= 11 is 0. The number of hydrogen-bond donors (Lipinski definition) is 1. The lowest BCUT2D eigenvalue weighted by atomic mass is 10.3. The molecule has 0 bridgehead atoms. The molecule has 0 spiro atoms. The van der Waals surface area contributed by atoms with E-state index in [-0.39, 0.29) is 0 Å². The van der Waals surface area contributed by atoms with Crippen LogP contribution in [0.15, 0.2) is 24.7 Å². The summed E-state index contributed by atoms with van der Waals surface area (Å²) in [6.45, 7) is 0. The molecule has 12 heavy (non-hydrogen) atoms. The van der Waals surface area contributed by atoms with E-state index in [4.69, 9.17) is 5.11 Å². The molecule has 0 unspecified atom stereocenters. The molecule has 0 saturated heterocycles. The number of aromatic nitrogens is 3. The van der Waals surface area contributed by atoms with Crippen molar-refractivity contribution in [2.75, 3.05) is 0 Å². The summed E-state index contributed by atoms with van der Waals surface area (Å²) < 4.78 is 0.891. The highest BCUT2D eigenvalue weighted by Crippen LogP contribution is 2.09. The fourth-order valence-electron chi connectivity index (χ4n) is 1.02. The standard InChI is InChI=1S/C7H5N3O2/c11-7(12)10-6-4-8-2-1-5(6)3-9-10/h1-4H,(H,11,12). The molecule has 2 rings (SSSR count). The molecule has 0 aliphatic heterocycles. The number of nitrogens with zero attached hydrogens (tertiary/aromatic N) is 3. The first-order valence-corrected chi connectivity index (χ1v) is 3.30. The number of carboxylic acid groups (broad SMARTS) is 1. The summed E-state index contributed by atoms with van der Waals surface area (Å²) in [5.41, 5.74) is 0.505. The topological polar surface area (TPSA) is 68.0 Å². The minimum absolute atomic E-state index is 0.505. The Morgan fingerprint density at radius 1 is 1.50 bits per heavy atom. The van der Waals surface area contributed by atoms with Crippen LogP contribution in [0.4, 0.5) is 4.79 Å². The van der Waals surface area contributed by atoms with Gasteiger partial charge < -0.3 is 5.11 Å². The van der Waals surface area contributed by atoms with Gasteiger partial charge in [0.1, 0.15) is 0 Å². The van der Waals surface area contributed by atoms with Gasteiger partial charge in [0.2, 0.25) is 0 Å². The summed E-state index contributed by atoms with van der Waals surface area (Å²) in [5.74, 6) is 0. The number of fused-ring (bicyclic) bond motifs is 1. The van der Waals surface area contributed by atoms with Gasteiger partial charge in [-0.15, -0.1) is 0 Å². The zero-order chi connectivity index (χ0) is 8.55. The van der Waals surface area contributed by atoms with E-state index in [0.717, 1.165) is 10.1 Å². The first-order chi connectivity index (χ1) is 5.79. The zero-order valence-corrected chi connectivity index (χ0v) is 6.01. The average Bonchev–Trinajstić information content (AvgIpc) is 2.47. The number of carbonyl (C=O) groups is 1. The van der Waals surface area contributed by atoms with E-state index < -0.39 is 6.09 Å². The van der Waals surface area contributed by atoms with Crippen LogP contribution in [0.1, 0.15) is 0 Å². The van der Waals surface area contributed by atoms with Gasteiger partial charge in [-0.3, -0.25) is 4.98 Å². The molecule has 0 amide bonds. The van der Waals surface area contributed by atoms with E-state index in [9.17, 15) is 4.79 Å². The SMILES string of the molecule is O=C(O)n1ncc2ccncc21. The molecule has 2 heterocycles. The van der Waals surface area contributed by atoms with Crippen molar-refractivity contribution in [2.24, 2.45) is 0 Å². The first kappa shape index (κ1) is 6.78. The van der Waals surface area contributed by atoms with Crippen LogP contribution in [0.25, 0.3) is 10.9 Å². The highest BCUT2D eigenvalue weighted by Gasteiger charge is 2.06. The maximum absolute atomic E-state index is 10.5. The van der Waals surface area contributed by atoms with Crippen molar-refractivity contribution in [1.82, 2.24) is 14.8 Å². The molecule has 5 heteroatoms. The van der Waals surface area contributed by atoms with Crippen molar-refractivity contribution < 1.29 is 9.90 Å². The van der Waals surface area contributed by atoms with Gasteiger partial charge in [0.25, 0.3) is 0 Å². The van der Waals surface area contributed by atoms with Crippen LogP contribution < -0.4 is 0 Å². The fraction of sp³-hybridized carbons (Fsp3) is 0. The number of hydrogen-bond acceptors (Lipinski definition) is 3. The molecule has 0 aromatic carbocycles. The van der Waals surface area contributed by atoms with Gasteiger partial charge in [-0.05, 0) is 6.07 Å². The molecule has 5 nitrogen and oxygen atoms in total. The van der Waals surface area contributed by atoms with Gasteiger partial charge >= 0.3 is 6.09 Å². The van der Waals surface area contributed by atoms with E-state index in [1.165, 1.54) is 12.4 Å². The van der Waals surface area contributed by atoms with E-state index in [1.54, 1.807) is 12.3 Å². The van der Waals surface area contributed by atoms with Crippen molar-refractivity contribution in [3.63, 3.8) is 0 Å². The molecular weight excluding hydrogens is 158 g/mol. The molecular formula is C7H5N3O2. The molecule has 0 fully saturated rings. The van der Waals surface area contributed by atoms with Gasteiger partial charge in [-0.25, -0.2) is 4.79 Å². The van der Waals surface area contributed by atoms with Crippen LogP contribution in [-0.2, 0) is 0 Å². The van der Waals surface area contributed by atoms with E-state index in [2.05, 4.69) is 10.1 Å². The van der Waals surface area contributed by atoms with Crippen molar-refractivity contribution in [2.45, 2.75) is 0 Å². The highest BCUT2D eigenvalue weighted by molar-refractivity contribution is 5.85. The Morgan fingerprint density at radius 3 is 3.08 bits per heavy atom. The van der Waals surface area contributed by atoms with Gasteiger partial charge in [0, 0.05) is 11.6 Å². The Balaban J connectivity index is 2.79. The summed E-state index contributed by atoms with van der Waals surface area (Å²) in [4.78, 5) is 14.4. The van der Waals surface area contributed by atoms with E-state index in [0.29, 0.717) is 5.52 Å². The normalized spacial score (nSPS) is 10.3. The second kappa shape index (κ2) is 2.30. The van der Waals surface area contributed by atoms with Gasteiger partial charge in [-0.2, -0.15) is 9.78 Å². The Bertz CT molecular complexity index is 435. The third-order valence-electron chi connectivity index (χ3n) is 1.55. The predicted octanol–water partition coefficient (Wildman–Crippen LogP) is 0.957. The molecule has 2 aromatic heterocycles. The van der Waals surface area contributed by atoms with Crippen LogP contribution in [-0.4, -0.2) is 26.0 Å². The van der Waals surface area contributed by atoms with Crippen molar-refractivity contribution in [3.05, 3.63) is 24.7 Å². The minimum Gasteiger partial charge on any atom is -0.463 e. The summed E-state index contributed by atoms with van der Waals surface area (Å²) in [7, 11) is 0. The van der Waals surface area contributed by atoms with Crippen LogP contribution >= 0.6 is 0 Å². The monoisotopic (exact) mass is 163 g/mol. The van der Waals surface area contributed by atoms with Crippen molar-refractivity contribution >= 4 is 17.0 Å². The van der Waals surface area contributed by atoms with Gasteiger partial charge in [0.05, 0.1) is 17.9 Å². The fourth-order valence-corrected chi connectivity index (χ4v) is 1.02. The molecule has 0 aliphatic rings. The Kier molecular flexibility index (Phi) is 1.30. The van der Waals surface area contributed by atoms with Crippen LogP contribution in [0.2, 0.25) is 0 Å². The van der Waals surface area contributed by atoms with Crippen LogP contribution in [0.3, 0.4) is 0 Å². The molecule has 1 N–H and O–H groups in total. The number of pyridine rings is 1. The van der Waals surface area contributed by atoms with Crippen molar-refractivity contribution in [3.8, 4) is 0 Å². The summed E-state index contributed by atoms with van der Waals surface area (Å²) in [6, 6.07) is 1.71. The largest absolute Gasteiger partial charge is 0.463 e. The van der Waals surface area contributed by atoms with Gasteiger partial charge in [0.15, 0.2) is 0 Å². The molecule has 0 aliphatic carbocycles. The first-order valence-electron chi connectivity index (χ1n) is 3.30. The maximum Gasteiger partial charge on any atom is 0.432 e. The molecule has 0 radical (unpaired) electrons. The number of rotatable bonds is 0. The second-order valence-corrected chi connectivity index (χ2v) is 2.27. The minimum atomic E-state index is -1.10. The van der Waals surface area contributed by atoms with Crippen LogP contribution in [0, 0.1) is 0 Å².